The highest BCUT2D eigenvalue weighted by molar-refractivity contribution is 7.99. The molecule has 0 saturated heterocycles. The van der Waals surface area contributed by atoms with Crippen molar-refractivity contribution in [2.45, 2.75) is 44.4 Å². The van der Waals surface area contributed by atoms with Gasteiger partial charge in [0.1, 0.15) is 4.88 Å². The maximum Gasteiger partial charge on any atom is 0.263 e. The summed E-state index contributed by atoms with van der Waals surface area (Å²) >= 11 is 2.97. The van der Waals surface area contributed by atoms with E-state index in [2.05, 4.69) is 31.1 Å². The maximum absolute atomic E-state index is 12.1. The van der Waals surface area contributed by atoms with Gasteiger partial charge in [-0.1, -0.05) is 20.8 Å². The Bertz CT molecular complexity index is 423. The van der Waals surface area contributed by atoms with Crippen LogP contribution in [0.25, 0.3) is 0 Å². The Morgan fingerprint density at radius 1 is 1.58 bits per heavy atom. The molecule has 0 bridgehead atoms. The van der Waals surface area contributed by atoms with E-state index < -0.39 is 0 Å². The number of aliphatic hydroxyl groups excluding tert-OH is 1. The van der Waals surface area contributed by atoms with Crippen LogP contribution in [0.15, 0.2) is 6.20 Å². The molecule has 1 aromatic heterocycles. The Kier molecular flexibility index (Phi) is 5.82. The van der Waals surface area contributed by atoms with Crippen molar-refractivity contribution in [2.24, 2.45) is 0 Å². The van der Waals surface area contributed by atoms with E-state index >= 15 is 0 Å². The van der Waals surface area contributed by atoms with Crippen LogP contribution in [0.5, 0.6) is 0 Å². The van der Waals surface area contributed by atoms with E-state index in [1.54, 1.807) is 18.0 Å². The summed E-state index contributed by atoms with van der Waals surface area (Å²) < 4.78 is 0. The van der Waals surface area contributed by atoms with Crippen molar-refractivity contribution < 1.29 is 9.90 Å². The molecule has 0 saturated carbocycles. The van der Waals surface area contributed by atoms with Crippen molar-refractivity contribution in [3.8, 4) is 0 Å². The number of rotatable bonds is 5. The zero-order valence-corrected chi connectivity index (χ0v) is 13.7. The van der Waals surface area contributed by atoms with Crippen LogP contribution in [0.4, 0.5) is 0 Å². The van der Waals surface area contributed by atoms with Crippen molar-refractivity contribution >= 4 is 29.0 Å². The Morgan fingerprint density at radius 2 is 2.21 bits per heavy atom. The minimum absolute atomic E-state index is 0.0129. The molecule has 1 rings (SSSR count). The number of aromatic nitrogens is 1. The SMILES string of the molecule is CSC(CO)C(C)NC(=O)c1cnc(C(C)(C)C)s1. The minimum Gasteiger partial charge on any atom is -0.395 e. The number of aliphatic hydroxyl groups is 1. The van der Waals surface area contributed by atoms with E-state index in [1.807, 2.05) is 13.2 Å². The molecule has 4 nitrogen and oxygen atoms in total. The van der Waals surface area contributed by atoms with Crippen molar-refractivity contribution in [1.82, 2.24) is 10.3 Å². The standard InChI is InChI=1S/C13H22N2O2S2/c1-8(10(7-16)18-5)15-11(17)9-6-14-12(19-9)13(2,3)4/h6,8,10,16H,7H2,1-5H3,(H,15,17). The van der Waals surface area contributed by atoms with Gasteiger partial charge in [-0.15, -0.1) is 11.3 Å². The number of thiazole rings is 1. The fraction of sp³-hybridized carbons (Fsp3) is 0.692. The summed E-state index contributed by atoms with van der Waals surface area (Å²) in [5.41, 5.74) is -0.0400. The molecule has 2 N–H and O–H groups in total. The fourth-order valence-corrected chi connectivity index (χ4v) is 3.04. The van der Waals surface area contributed by atoms with Crippen LogP contribution in [-0.2, 0) is 5.41 Å². The van der Waals surface area contributed by atoms with Crippen molar-refractivity contribution in [1.29, 1.82) is 0 Å². The molecule has 0 aliphatic heterocycles. The Hall–Kier alpha value is -0.590. The predicted molar refractivity (Wildman–Crippen MR) is 82.1 cm³/mol. The fourth-order valence-electron chi connectivity index (χ4n) is 1.53. The highest BCUT2D eigenvalue weighted by Gasteiger charge is 2.22. The number of hydrogen-bond donors (Lipinski definition) is 2. The number of nitrogens with one attached hydrogen (secondary N) is 1. The van der Waals surface area contributed by atoms with Crippen LogP contribution in [0.1, 0.15) is 42.4 Å². The molecule has 0 fully saturated rings. The summed E-state index contributed by atoms with van der Waals surface area (Å²) in [6, 6.07) is -0.0762. The van der Waals surface area contributed by atoms with E-state index in [0.717, 1.165) is 5.01 Å². The Labute approximate surface area is 123 Å². The largest absolute Gasteiger partial charge is 0.395 e. The van der Waals surface area contributed by atoms with Crippen LogP contribution in [0, 0.1) is 0 Å². The van der Waals surface area contributed by atoms with Crippen LogP contribution in [-0.4, -0.2) is 40.2 Å². The van der Waals surface area contributed by atoms with Gasteiger partial charge in [0, 0.05) is 16.7 Å². The molecule has 0 aromatic carbocycles. The van der Waals surface area contributed by atoms with Crippen LogP contribution >= 0.6 is 23.1 Å². The minimum atomic E-state index is -0.118. The summed E-state index contributed by atoms with van der Waals surface area (Å²) in [6.45, 7) is 8.18. The second-order valence-electron chi connectivity index (χ2n) is 5.50. The second kappa shape index (κ2) is 6.72. The number of nitrogens with zero attached hydrogens (tertiary/aromatic N) is 1. The number of carbonyl (C=O) groups is 1. The lowest BCUT2D eigenvalue weighted by molar-refractivity contribution is 0.0940. The van der Waals surface area contributed by atoms with E-state index in [9.17, 15) is 9.90 Å². The molecule has 0 aliphatic carbocycles. The molecule has 2 atom stereocenters. The van der Waals surface area contributed by atoms with Gasteiger partial charge in [-0.2, -0.15) is 11.8 Å². The monoisotopic (exact) mass is 302 g/mol. The van der Waals surface area contributed by atoms with Crippen molar-refractivity contribution in [2.75, 3.05) is 12.9 Å². The third kappa shape index (κ3) is 4.47. The molecule has 1 aromatic rings. The molecule has 2 unspecified atom stereocenters. The summed E-state index contributed by atoms with van der Waals surface area (Å²) in [6.07, 6.45) is 3.55. The van der Waals surface area contributed by atoms with Gasteiger partial charge in [0.05, 0.1) is 17.8 Å². The van der Waals surface area contributed by atoms with Gasteiger partial charge in [-0.05, 0) is 13.2 Å². The molecule has 0 radical (unpaired) electrons. The first kappa shape index (κ1) is 16.5. The molecule has 1 heterocycles. The first-order chi connectivity index (χ1) is 8.79. The van der Waals surface area contributed by atoms with E-state index in [1.165, 1.54) is 11.3 Å². The van der Waals surface area contributed by atoms with Crippen LogP contribution in [0.2, 0.25) is 0 Å². The van der Waals surface area contributed by atoms with Gasteiger partial charge >= 0.3 is 0 Å². The first-order valence-corrected chi connectivity index (χ1v) is 8.31. The summed E-state index contributed by atoms with van der Waals surface area (Å²) in [4.78, 5) is 17.0. The lowest BCUT2D eigenvalue weighted by Crippen LogP contribution is -2.40. The Balaban J connectivity index is 2.71. The van der Waals surface area contributed by atoms with E-state index in [-0.39, 0.29) is 29.2 Å². The third-order valence-corrected chi connectivity index (χ3v) is 5.35. The van der Waals surface area contributed by atoms with Crippen molar-refractivity contribution in [3.63, 3.8) is 0 Å². The predicted octanol–water partition coefficient (Wildman–Crippen LogP) is 2.28. The Morgan fingerprint density at radius 3 is 2.63 bits per heavy atom. The summed E-state index contributed by atoms with van der Waals surface area (Å²) in [5.74, 6) is -0.118. The highest BCUT2D eigenvalue weighted by atomic mass is 32.2. The molecule has 108 valence electrons. The zero-order chi connectivity index (χ0) is 14.6. The number of amides is 1. The molecule has 6 heteroatoms. The van der Waals surface area contributed by atoms with Gasteiger partial charge in [0.25, 0.3) is 5.91 Å². The molecule has 1 amide bonds. The van der Waals surface area contributed by atoms with Crippen molar-refractivity contribution in [3.05, 3.63) is 16.1 Å². The molecule has 19 heavy (non-hydrogen) atoms. The van der Waals surface area contributed by atoms with Gasteiger partial charge < -0.3 is 10.4 Å². The van der Waals surface area contributed by atoms with E-state index in [0.29, 0.717) is 4.88 Å². The van der Waals surface area contributed by atoms with Gasteiger partial charge in [-0.25, -0.2) is 4.98 Å². The summed E-state index contributed by atoms with van der Waals surface area (Å²) in [7, 11) is 0. The first-order valence-electron chi connectivity index (χ1n) is 6.20. The number of hydrogen-bond acceptors (Lipinski definition) is 5. The average Bonchev–Trinajstić information content (AvgIpc) is 2.79. The zero-order valence-electron chi connectivity index (χ0n) is 12.1. The lowest BCUT2D eigenvalue weighted by atomic mass is 9.98. The van der Waals surface area contributed by atoms with Crippen LogP contribution in [0.3, 0.4) is 0 Å². The lowest BCUT2D eigenvalue weighted by Gasteiger charge is -2.20. The molecular formula is C13H22N2O2S2. The normalized spacial score (nSPS) is 15.1. The molecular weight excluding hydrogens is 280 g/mol. The van der Waals surface area contributed by atoms with Gasteiger partial charge in [0.2, 0.25) is 0 Å². The molecule has 0 aliphatic rings. The van der Waals surface area contributed by atoms with Crippen LogP contribution < -0.4 is 5.32 Å². The summed E-state index contributed by atoms with van der Waals surface area (Å²) in [5, 5.41) is 13.1. The van der Waals surface area contributed by atoms with E-state index in [4.69, 9.17) is 0 Å². The number of thioether (sulfide) groups is 1. The highest BCUT2D eigenvalue weighted by Crippen LogP contribution is 2.26. The smallest absolute Gasteiger partial charge is 0.263 e. The topological polar surface area (TPSA) is 62.2 Å². The number of carbonyl (C=O) groups excluding carboxylic acids is 1. The maximum atomic E-state index is 12.1. The average molecular weight is 302 g/mol. The third-order valence-electron chi connectivity index (χ3n) is 2.77. The second-order valence-corrected chi connectivity index (χ2v) is 7.61. The van der Waals surface area contributed by atoms with Gasteiger partial charge in [-0.3, -0.25) is 4.79 Å². The quantitative estimate of drug-likeness (QED) is 0.876. The molecule has 0 spiro atoms. The van der Waals surface area contributed by atoms with Gasteiger partial charge in [0.15, 0.2) is 0 Å².